The first kappa shape index (κ1) is 19.9. The molecule has 0 saturated heterocycles. The highest BCUT2D eigenvalue weighted by Gasteiger charge is 2.18. The Morgan fingerprint density at radius 2 is 1.75 bits per heavy atom. The van der Waals surface area contributed by atoms with Gasteiger partial charge in [-0.15, -0.1) is 0 Å². The summed E-state index contributed by atoms with van der Waals surface area (Å²) in [4.78, 5) is 25.9. The van der Waals surface area contributed by atoms with E-state index in [1.54, 1.807) is 6.07 Å². The smallest absolute Gasteiger partial charge is 0.308 e. The largest absolute Gasteiger partial charge is 0.481 e. The fraction of sp³-hybridized carbons (Fsp3) is 0.182. The van der Waals surface area contributed by atoms with Crippen LogP contribution in [0.25, 0.3) is 11.1 Å². The van der Waals surface area contributed by atoms with Crippen molar-refractivity contribution in [2.45, 2.75) is 13.0 Å². The van der Waals surface area contributed by atoms with Crippen LogP contribution in [0, 0.1) is 5.92 Å². The minimum atomic E-state index is -0.875. The molecule has 1 heterocycles. The normalized spacial score (nSPS) is 11.9. The zero-order chi connectivity index (χ0) is 19.9. The van der Waals surface area contributed by atoms with Gasteiger partial charge in [-0.25, -0.2) is 0 Å². The molecule has 0 aliphatic rings. The topological polar surface area (TPSA) is 82.2 Å². The third kappa shape index (κ3) is 5.31. The molecule has 0 amide bonds. The van der Waals surface area contributed by atoms with E-state index in [9.17, 15) is 14.7 Å². The summed E-state index contributed by atoms with van der Waals surface area (Å²) < 4.78 is 0. The number of aromatic nitrogens is 1. The molecule has 3 aromatic rings. The minimum absolute atomic E-state index is 0.236. The van der Waals surface area contributed by atoms with Crippen molar-refractivity contribution in [1.82, 2.24) is 10.3 Å². The van der Waals surface area contributed by atoms with Gasteiger partial charge in [0.1, 0.15) is 0 Å². The van der Waals surface area contributed by atoms with Crippen LogP contribution in [0.4, 0.5) is 0 Å². The molecule has 1 unspecified atom stereocenters. The number of benzene rings is 2. The molecule has 0 spiro atoms. The molecule has 3 N–H and O–H groups in total. The lowest BCUT2D eigenvalue weighted by Crippen LogP contribution is -2.31. The zero-order valence-corrected chi connectivity index (χ0v) is 15.9. The summed E-state index contributed by atoms with van der Waals surface area (Å²) in [6, 6.07) is 19.5. The van der Waals surface area contributed by atoms with E-state index in [0.717, 1.165) is 16.7 Å². The van der Waals surface area contributed by atoms with Crippen molar-refractivity contribution in [2.75, 3.05) is 6.54 Å². The Morgan fingerprint density at radius 3 is 2.43 bits per heavy atom. The van der Waals surface area contributed by atoms with Gasteiger partial charge in [-0.2, -0.15) is 0 Å². The van der Waals surface area contributed by atoms with Crippen molar-refractivity contribution in [3.8, 4) is 11.1 Å². The number of nitrogens with one attached hydrogen (secondary N) is 2. The average Bonchev–Trinajstić information content (AvgIpc) is 2.71. The van der Waals surface area contributed by atoms with Gasteiger partial charge in [0.15, 0.2) is 0 Å². The molecule has 0 radical (unpaired) electrons. The van der Waals surface area contributed by atoms with Crippen molar-refractivity contribution in [1.29, 1.82) is 0 Å². The third-order valence-corrected chi connectivity index (χ3v) is 4.76. The molecule has 0 bridgehead atoms. The second-order valence-corrected chi connectivity index (χ2v) is 7.04. The standard InChI is InChI=1S/C22H21ClN2O3/c23-20-11-18(21(26)25-14-20)12-24-13-19(22(27)28)10-15-6-8-17(9-7-15)16-4-2-1-3-5-16/h1-9,11,14,19,24H,10,12-13H2,(H,25,26)(H,27,28). The summed E-state index contributed by atoms with van der Waals surface area (Å²) in [5, 5.41) is 13.0. The monoisotopic (exact) mass is 396 g/mol. The van der Waals surface area contributed by atoms with Gasteiger partial charge in [-0.3, -0.25) is 9.59 Å². The van der Waals surface area contributed by atoms with Gasteiger partial charge >= 0.3 is 5.97 Å². The number of rotatable bonds is 8. The molecule has 144 valence electrons. The van der Waals surface area contributed by atoms with Crippen LogP contribution >= 0.6 is 11.6 Å². The number of halogens is 1. The lowest BCUT2D eigenvalue weighted by molar-refractivity contribution is -0.141. The lowest BCUT2D eigenvalue weighted by Gasteiger charge is -2.14. The summed E-state index contributed by atoms with van der Waals surface area (Å²) in [7, 11) is 0. The molecule has 0 fully saturated rings. The highest BCUT2D eigenvalue weighted by molar-refractivity contribution is 6.30. The summed E-state index contributed by atoms with van der Waals surface area (Å²) >= 11 is 5.88. The maximum atomic E-state index is 11.8. The SMILES string of the molecule is O=C(O)C(CNCc1cc(Cl)c[nH]c1=O)Cc1ccc(-c2ccccc2)cc1. The van der Waals surface area contributed by atoms with Crippen LogP contribution in [0.5, 0.6) is 0 Å². The van der Waals surface area contributed by atoms with E-state index < -0.39 is 11.9 Å². The van der Waals surface area contributed by atoms with Gasteiger partial charge in [0.25, 0.3) is 5.56 Å². The zero-order valence-electron chi connectivity index (χ0n) is 15.2. The van der Waals surface area contributed by atoms with E-state index in [1.165, 1.54) is 6.20 Å². The van der Waals surface area contributed by atoms with Crippen molar-refractivity contribution in [3.05, 3.63) is 93.4 Å². The quantitative estimate of drug-likeness (QED) is 0.542. The first-order valence-electron chi connectivity index (χ1n) is 8.98. The van der Waals surface area contributed by atoms with Crippen LogP contribution in [0.2, 0.25) is 5.02 Å². The number of H-pyrrole nitrogens is 1. The predicted molar refractivity (Wildman–Crippen MR) is 110 cm³/mol. The molecule has 28 heavy (non-hydrogen) atoms. The van der Waals surface area contributed by atoms with Crippen LogP contribution in [-0.4, -0.2) is 22.6 Å². The molecule has 0 saturated carbocycles. The lowest BCUT2D eigenvalue weighted by atomic mass is 9.97. The van der Waals surface area contributed by atoms with Gasteiger partial charge in [0.2, 0.25) is 0 Å². The molecular formula is C22H21ClN2O3. The summed E-state index contributed by atoms with van der Waals surface area (Å²) in [5.41, 5.74) is 3.41. The molecule has 1 atom stereocenters. The maximum Gasteiger partial charge on any atom is 0.308 e. The second kappa shape index (κ2) is 9.35. The van der Waals surface area contributed by atoms with E-state index in [1.807, 2.05) is 54.6 Å². The predicted octanol–water partition coefficient (Wildman–Crippen LogP) is 3.73. The van der Waals surface area contributed by atoms with E-state index in [0.29, 0.717) is 17.0 Å². The summed E-state index contributed by atoms with van der Waals surface area (Å²) in [5.74, 6) is -1.47. The van der Waals surface area contributed by atoms with E-state index in [-0.39, 0.29) is 18.6 Å². The molecule has 0 aliphatic carbocycles. The number of pyridine rings is 1. The number of carboxylic acids is 1. The van der Waals surface area contributed by atoms with Crippen molar-refractivity contribution >= 4 is 17.6 Å². The Labute approximate surface area is 168 Å². The Morgan fingerprint density at radius 1 is 1.07 bits per heavy atom. The van der Waals surface area contributed by atoms with Crippen molar-refractivity contribution < 1.29 is 9.90 Å². The van der Waals surface area contributed by atoms with E-state index in [2.05, 4.69) is 10.3 Å². The molecule has 3 rings (SSSR count). The molecule has 5 nitrogen and oxygen atoms in total. The molecule has 1 aromatic heterocycles. The van der Waals surface area contributed by atoms with Crippen LogP contribution in [0.1, 0.15) is 11.1 Å². The van der Waals surface area contributed by atoms with Crippen molar-refractivity contribution in [2.24, 2.45) is 5.92 Å². The van der Waals surface area contributed by atoms with Crippen LogP contribution in [0.3, 0.4) is 0 Å². The fourth-order valence-corrected chi connectivity index (χ4v) is 3.19. The summed E-state index contributed by atoms with van der Waals surface area (Å²) in [6.45, 7) is 0.508. The van der Waals surface area contributed by atoms with Crippen LogP contribution < -0.4 is 10.9 Å². The first-order valence-corrected chi connectivity index (χ1v) is 9.35. The van der Waals surface area contributed by atoms with Gasteiger partial charge in [0, 0.05) is 24.8 Å². The number of carbonyl (C=O) groups is 1. The van der Waals surface area contributed by atoms with Gasteiger partial charge in [-0.1, -0.05) is 66.2 Å². The van der Waals surface area contributed by atoms with Crippen LogP contribution in [-0.2, 0) is 17.8 Å². The molecular weight excluding hydrogens is 376 g/mol. The Hall–Kier alpha value is -2.89. The molecule has 0 aliphatic heterocycles. The highest BCUT2D eigenvalue weighted by atomic mass is 35.5. The van der Waals surface area contributed by atoms with Crippen molar-refractivity contribution in [3.63, 3.8) is 0 Å². The van der Waals surface area contributed by atoms with E-state index >= 15 is 0 Å². The minimum Gasteiger partial charge on any atom is -0.481 e. The third-order valence-electron chi connectivity index (χ3n) is 4.54. The number of hydrogen-bond acceptors (Lipinski definition) is 3. The van der Waals surface area contributed by atoms with Gasteiger partial charge < -0.3 is 15.4 Å². The average molecular weight is 397 g/mol. The fourth-order valence-electron chi connectivity index (χ4n) is 3.01. The second-order valence-electron chi connectivity index (χ2n) is 6.61. The highest BCUT2D eigenvalue weighted by Crippen LogP contribution is 2.20. The number of aromatic amines is 1. The van der Waals surface area contributed by atoms with Gasteiger partial charge in [-0.05, 0) is 29.2 Å². The Bertz CT molecular complexity index is 985. The van der Waals surface area contributed by atoms with Crippen LogP contribution in [0.15, 0.2) is 71.7 Å². The van der Waals surface area contributed by atoms with Gasteiger partial charge in [0.05, 0.1) is 10.9 Å². The molecule has 6 heteroatoms. The molecule has 2 aromatic carbocycles. The Kier molecular flexibility index (Phi) is 6.63. The summed E-state index contributed by atoms with van der Waals surface area (Å²) in [6.07, 6.45) is 1.83. The number of hydrogen-bond donors (Lipinski definition) is 3. The number of aliphatic carboxylic acids is 1. The van der Waals surface area contributed by atoms with E-state index in [4.69, 9.17) is 11.6 Å². The maximum absolute atomic E-state index is 11.8. The first-order chi connectivity index (χ1) is 13.5. The number of carboxylic acid groups (broad SMARTS) is 1. The Balaban J connectivity index is 1.61.